The fourth-order valence-electron chi connectivity index (χ4n) is 2.32. The Labute approximate surface area is 144 Å². The van der Waals surface area contributed by atoms with Crippen molar-refractivity contribution in [1.82, 2.24) is 4.98 Å². The minimum Gasteiger partial charge on any atom is -0.497 e. The molecule has 0 radical (unpaired) electrons. The number of hydrogen-bond donors (Lipinski definition) is 0. The summed E-state index contributed by atoms with van der Waals surface area (Å²) in [4.78, 5) is 6.84. The lowest BCUT2D eigenvalue weighted by molar-refractivity contribution is 0.414. The van der Waals surface area contributed by atoms with Crippen molar-refractivity contribution in [2.45, 2.75) is 43.9 Å². The van der Waals surface area contributed by atoms with Crippen LogP contribution in [0.5, 0.6) is 5.75 Å². The number of allylic oxidation sites excluding steroid dienone is 1. The van der Waals surface area contributed by atoms with Gasteiger partial charge in [-0.05, 0) is 59.7 Å². The van der Waals surface area contributed by atoms with Gasteiger partial charge < -0.3 is 4.74 Å². The minimum atomic E-state index is 0.898. The SMILES string of the molecule is CCCCCCC(=Cc1cccnc1)Sc1ccc(OC)cc1. The van der Waals surface area contributed by atoms with E-state index in [1.165, 1.54) is 41.0 Å². The first-order chi connectivity index (χ1) is 11.3. The molecule has 3 heteroatoms. The number of benzene rings is 1. The molecular formula is C20H25NOS. The summed E-state index contributed by atoms with van der Waals surface area (Å²) in [6, 6.07) is 12.4. The molecule has 0 amide bonds. The number of methoxy groups -OCH3 is 1. The fraction of sp³-hybridized carbons (Fsp3) is 0.350. The lowest BCUT2D eigenvalue weighted by atomic mass is 10.1. The van der Waals surface area contributed by atoms with Crippen LogP contribution in [0.25, 0.3) is 6.08 Å². The second-order valence-electron chi connectivity index (χ2n) is 5.49. The van der Waals surface area contributed by atoms with Gasteiger partial charge in [0, 0.05) is 17.3 Å². The third kappa shape index (κ3) is 6.49. The number of aromatic nitrogens is 1. The molecule has 0 aliphatic rings. The van der Waals surface area contributed by atoms with Gasteiger partial charge in [0.1, 0.15) is 5.75 Å². The van der Waals surface area contributed by atoms with Crippen molar-refractivity contribution in [3.63, 3.8) is 0 Å². The monoisotopic (exact) mass is 327 g/mol. The molecule has 1 heterocycles. The molecule has 0 saturated carbocycles. The second kappa shape index (κ2) is 10.1. The van der Waals surface area contributed by atoms with Crippen molar-refractivity contribution >= 4 is 17.8 Å². The number of pyridine rings is 1. The van der Waals surface area contributed by atoms with Crippen LogP contribution < -0.4 is 4.74 Å². The van der Waals surface area contributed by atoms with E-state index in [2.05, 4.69) is 36.2 Å². The Morgan fingerprint density at radius 3 is 2.61 bits per heavy atom. The first-order valence-electron chi connectivity index (χ1n) is 8.24. The summed E-state index contributed by atoms with van der Waals surface area (Å²) in [5.41, 5.74) is 1.17. The molecule has 23 heavy (non-hydrogen) atoms. The van der Waals surface area contributed by atoms with E-state index in [0.717, 1.165) is 12.2 Å². The molecular weight excluding hydrogens is 302 g/mol. The topological polar surface area (TPSA) is 22.1 Å². The van der Waals surface area contributed by atoms with Crippen LogP contribution in [0, 0.1) is 0 Å². The Kier molecular flexibility index (Phi) is 7.74. The third-order valence-corrected chi connectivity index (χ3v) is 4.69. The van der Waals surface area contributed by atoms with Crippen molar-refractivity contribution in [2.75, 3.05) is 7.11 Å². The van der Waals surface area contributed by atoms with Crippen LogP contribution in [0.3, 0.4) is 0 Å². The average molecular weight is 327 g/mol. The van der Waals surface area contributed by atoms with Crippen LogP contribution in [0.4, 0.5) is 0 Å². The molecule has 0 unspecified atom stereocenters. The van der Waals surface area contributed by atoms with Crippen molar-refractivity contribution in [2.24, 2.45) is 0 Å². The second-order valence-corrected chi connectivity index (χ2v) is 6.69. The predicted molar refractivity (Wildman–Crippen MR) is 99.8 cm³/mol. The first kappa shape index (κ1) is 17.6. The number of unbranched alkanes of at least 4 members (excludes halogenated alkanes) is 3. The van der Waals surface area contributed by atoms with Crippen LogP contribution in [0.15, 0.2) is 58.6 Å². The van der Waals surface area contributed by atoms with Crippen molar-refractivity contribution in [3.8, 4) is 5.75 Å². The summed E-state index contributed by atoms with van der Waals surface area (Å²) >= 11 is 1.84. The van der Waals surface area contributed by atoms with Crippen molar-refractivity contribution in [1.29, 1.82) is 0 Å². The quantitative estimate of drug-likeness (QED) is 0.405. The number of nitrogens with zero attached hydrogens (tertiary/aromatic N) is 1. The Morgan fingerprint density at radius 2 is 1.96 bits per heavy atom. The molecule has 0 saturated heterocycles. The number of ether oxygens (including phenoxy) is 1. The molecule has 122 valence electrons. The molecule has 0 bridgehead atoms. The highest BCUT2D eigenvalue weighted by Crippen LogP contribution is 2.33. The minimum absolute atomic E-state index is 0.898. The summed E-state index contributed by atoms with van der Waals surface area (Å²) in [5, 5.41) is 0. The van der Waals surface area contributed by atoms with E-state index in [4.69, 9.17) is 4.74 Å². The molecule has 0 fully saturated rings. The largest absolute Gasteiger partial charge is 0.497 e. The molecule has 0 atom stereocenters. The highest BCUT2D eigenvalue weighted by atomic mass is 32.2. The van der Waals surface area contributed by atoms with Crippen LogP contribution in [-0.2, 0) is 0 Å². The Bertz CT molecular complexity index is 593. The van der Waals surface area contributed by atoms with Gasteiger partial charge in [-0.1, -0.05) is 44.0 Å². The van der Waals surface area contributed by atoms with Gasteiger partial charge in [0.05, 0.1) is 7.11 Å². The fourth-order valence-corrected chi connectivity index (χ4v) is 3.34. The zero-order valence-corrected chi connectivity index (χ0v) is 14.8. The predicted octanol–water partition coefficient (Wildman–Crippen LogP) is 6.19. The maximum atomic E-state index is 5.23. The number of hydrogen-bond acceptors (Lipinski definition) is 3. The van der Waals surface area contributed by atoms with E-state index < -0.39 is 0 Å². The number of thioether (sulfide) groups is 1. The summed E-state index contributed by atoms with van der Waals surface area (Å²) in [7, 11) is 1.70. The molecule has 0 N–H and O–H groups in total. The molecule has 0 aliphatic heterocycles. The smallest absolute Gasteiger partial charge is 0.118 e. The molecule has 1 aromatic carbocycles. The Hall–Kier alpha value is -1.74. The summed E-state index contributed by atoms with van der Waals surface area (Å²) in [6.07, 6.45) is 12.2. The van der Waals surface area contributed by atoms with E-state index in [9.17, 15) is 0 Å². The standard InChI is InChI=1S/C20H25NOS/c1-3-4-5-6-9-20(15-17-8-7-14-21-16-17)23-19-12-10-18(22-2)11-13-19/h7-8,10-16H,3-6,9H2,1-2H3. The van der Waals surface area contributed by atoms with Crippen molar-refractivity contribution < 1.29 is 4.74 Å². The van der Waals surface area contributed by atoms with Gasteiger partial charge >= 0.3 is 0 Å². The van der Waals surface area contributed by atoms with E-state index >= 15 is 0 Å². The van der Waals surface area contributed by atoms with Gasteiger partial charge in [-0.25, -0.2) is 0 Å². The van der Waals surface area contributed by atoms with E-state index in [1.54, 1.807) is 7.11 Å². The van der Waals surface area contributed by atoms with Crippen LogP contribution in [-0.4, -0.2) is 12.1 Å². The van der Waals surface area contributed by atoms with E-state index in [1.807, 2.05) is 42.4 Å². The molecule has 0 aliphatic carbocycles. The maximum absolute atomic E-state index is 5.23. The normalized spacial score (nSPS) is 11.5. The van der Waals surface area contributed by atoms with Gasteiger partial charge in [-0.2, -0.15) is 0 Å². The Morgan fingerprint density at radius 1 is 1.13 bits per heavy atom. The highest BCUT2D eigenvalue weighted by Gasteiger charge is 2.03. The van der Waals surface area contributed by atoms with Gasteiger partial charge in [0.15, 0.2) is 0 Å². The summed E-state index contributed by atoms with van der Waals surface area (Å²) in [6.45, 7) is 2.25. The van der Waals surface area contributed by atoms with Gasteiger partial charge in [-0.15, -0.1) is 0 Å². The first-order valence-corrected chi connectivity index (χ1v) is 9.06. The van der Waals surface area contributed by atoms with Crippen molar-refractivity contribution in [3.05, 3.63) is 59.3 Å². The zero-order valence-electron chi connectivity index (χ0n) is 14.0. The molecule has 2 aromatic rings. The molecule has 1 aromatic heterocycles. The van der Waals surface area contributed by atoms with Gasteiger partial charge in [0.2, 0.25) is 0 Å². The lowest BCUT2D eigenvalue weighted by Gasteiger charge is -2.09. The van der Waals surface area contributed by atoms with Crippen LogP contribution in [0.1, 0.15) is 44.6 Å². The highest BCUT2D eigenvalue weighted by molar-refractivity contribution is 8.03. The maximum Gasteiger partial charge on any atom is 0.118 e. The summed E-state index contributed by atoms with van der Waals surface area (Å²) < 4.78 is 5.23. The van der Waals surface area contributed by atoms with Crippen LogP contribution in [0.2, 0.25) is 0 Å². The van der Waals surface area contributed by atoms with Gasteiger partial charge in [-0.3, -0.25) is 4.98 Å². The average Bonchev–Trinajstić information content (AvgIpc) is 2.60. The number of rotatable bonds is 9. The zero-order chi connectivity index (χ0) is 16.3. The third-order valence-electron chi connectivity index (χ3n) is 3.60. The molecule has 0 spiro atoms. The van der Waals surface area contributed by atoms with E-state index in [-0.39, 0.29) is 0 Å². The van der Waals surface area contributed by atoms with Gasteiger partial charge in [0.25, 0.3) is 0 Å². The molecule has 2 rings (SSSR count). The van der Waals surface area contributed by atoms with E-state index in [0.29, 0.717) is 0 Å². The Balaban J connectivity index is 2.07. The molecule has 2 nitrogen and oxygen atoms in total. The lowest BCUT2D eigenvalue weighted by Crippen LogP contribution is -1.85. The summed E-state index contributed by atoms with van der Waals surface area (Å²) in [5.74, 6) is 0.898. The van der Waals surface area contributed by atoms with Crippen LogP contribution >= 0.6 is 11.8 Å².